The first-order valence-electron chi connectivity index (χ1n) is 2.90. The van der Waals surface area contributed by atoms with E-state index in [4.69, 9.17) is 0 Å². The minimum Gasteiger partial charge on any atom is -0.286 e. The summed E-state index contributed by atoms with van der Waals surface area (Å²) >= 11 is 0. The van der Waals surface area contributed by atoms with Crippen LogP contribution < -0.4 is 0 Å². The lowest BCUT2D eigenvalue weighted by Gasteiger charge is -1.92. The second-order valence-electron chi connectivity index (χ2n) is 1.63. The van der Waals surface area contributed by atoms with Gasteiger partial charge in [0.25, 0.3) is 0 Å². The van der Waals surface area contributed by atoms with Gasteiger partial charge in [0.15, 0.2) is 0 Å². The Bertz CT molecular complexity index is 86.6. The summed E-state index contributed by atoms with van der Waals surface area (Å²) in [5, 5.41) is 0. The van der Waals surface area contributed by atoms with Gasteiger partial charge in [0.1, 0.15) is 0 Å². The average Bonchev–Trinajstić information content (AvgIpc) is 1.83. The lowest BCUT2D eigenvalue weighted by atomic mass is 10.1. The van der Waals surface area contributed by atoms with Crippen LogP contribution in [0.5, 0.6) is 0 Å². The maximum absolute atomic E-state index is 9.73. The van der Waals surface area contributed by atoms with E-state index in [1.807, 2.05) is 13.8 Å². The third-order valence-electron chi connectivity index (χ3n) is 1.17. The van der Waals surface area contributed by atoms with Gasteiger partial charge in [-0.25, -0.2) is 0 Å². The van der Waals surface area contributed by atoms with Gasteiger partial charge in [0.05, 0.1) is 0 Å². The van der Waals surface area contributed by atoms with Gasteiger partial charge in [0, 0.05) is 0 Å². The van der Waals surface area contributed by atoms with Crippen molar-refractivity contribution in [3.8, 4) is 0 Å². The SMILES string of the molecule is CCC(=C[C]=O)CC. The van der Waals surface area contributed by atoms with Crippen molar-refractivity contribution >= 4 is 6.29 Å². The van der Waals surface area contributed by atoms with E-state index in [2.05, 4.69) is 0 Å². The molecule has 45 valence electrons. The van der Waals surface area contributed by atoms with Crippen molar-refractivity contribution in [2.24, 2.45) is 0 Å². The molecule has 0 atom stereocenters. The molecule has 0 bridgehead atoms. The lowest BCUT2D eigenvalue weighted by molar-refractivity contribution is 0.564. The van der Waals surface area contributed by atoms with Gasteiger partial charge in [-0.05, 0) is 18.9 Å². The number of hydrogen-bond acceptors (Lipinski definition) is 1. The van der Waals surface area contributed by atoms with Gasteiger partial charge in [-0.3, -0.25) is 4.79 Å². The van der Waals surface area contributed by atoms with Crippen LogP contribution in [0.1, 0.15) is 26.7 Å². The summed E-state index contributed by atoms with van der Waals surface area (Å²) in [5.74, 6) is 0. The summed E-state index contributed by atoms with van der Waals surface area (Å²) in [6, 6.07) is 0. The lowest BCUT2D eigenvalue weighted by Crippen LogP contribution is -1.76. The van der Waals surface area contributed by atoms with Crippen LogP contribution in [0.2, 0.25) is 0 Å². The topological polar surface area (TPSA) is 17.1 Å². The highest BCUT2D eigenvalue weighted by atomic mass is 16.1. The van der Waals surface area contributed by atoms with Crippen LogP contribution >= 0.6 is 0 Å². The van der Waals surface area contributed by atoms with Gasteiger partial charge in [-0.2, -0.15) is 0 Å². The Balaban J connectivity index is 3.66. The van der Waals surface area contributed by atoms with E-state index in [-0.39, 0.29) is 0 Å². The third kappa shape index (κ3) is 2.56. The second-order valence-corrected chi connectivity index (χ2v) is 1.63. The van der Waals surface area contributed by atoms with Gasteiger partial charge in [-0.1, -0.05) is 19.4 Å². The number of allylic oxidation sites excluding steroid dienone is 2. The highest BCUT2D eigenvalue weighted by Gasteiger charge is 1.85. The Labute approximate surface area is 50.4 Å². The van der Waals surface area contributed by atoms with Crippen LogP contribution in [-0.4, -0.2) is 6.29 Å². The average molecular weight is 111 g/mol. The number of carbonyl (C=O) groups excluding carboxylic acids is 1. The van der Waals surface area contributed by atoms with Crippen molar-refractivity contribution in [3.05, 3.63) is 11.6 Å². The Hall–Kier alpha value is -0.590. The number of hydrogen-bond donors (Lipinski definition) is 0. The predicted molar refractivity (Wildman–Crippen MR) is 34.4 cm³/mol. The smallest absolute Gasteiger partial charge is 0.225 e. The van der Waals surface area contributed by atoms with E-state index in [0.29, 0.717) is 0 Å². The minimum absolute atomic E-state index is 0.964. The zero-order valence-electron chi connectivity index (χ0n) is 5.40. The van der Waals surface area contributed by atoms with Gasteiger partial charge in [0.2, 0.25) is 6.29 Å². The number of rotatable bonds is 3. The molecule has 0 unspecified atom stereocenters. The Kier molecular flexibility index (Phi) is 4.23. The quantitative estimate of drug-likeness (QED) is 0.508. The zero-order valence-corrected chi connectivity index (χ0v) is 5.40. The molecular weight excluding hydrogens is 100 g/mol. The second kappa shape index (κ2) is 4.57. The molecule has 0 heterocycles. The van der Waals surface area contributed by atoms with E-state index in [9.17, 15) is 4.79 Å². The molecule has 8 heavy (non-hydrogen) atoms. The summed E-state index contributed by atoms with van der Waals surface area (Å²) in [5.41, 5.74) is 1.17. The van der Waals surface area contributed by atoms with Crippen molar-refractivity contribution in [2.75, 3.05) is 0 Å². The van der Waals surface area contributed by atoms with Gasteiger partial charge in [-0.15, -0.1) is 0 Å². The van der Waals surface area contributed by atoms with Gasteiger partial charge >= 0.3 is 0 Å². The molecule has 0 rings (SSSR count). The fraction of sp³-hybridized carbons (Fsp3) is 0.571. The Morgan fingerprint density at radius 2 is 2.00 bits per heavy atom. The fourth-order valence-electron chi connectivity index (χ4n) is 0.537. The van der Waals surface area contributed by atoms with Crippen LogP contribution in [0.15, 0.2) is 11.6 Å². The van der Waals surface area contributed by atoms with Crippen molar-refractivity contribution < 1.29 is 4.79 Å². The van der Waals surface area contributed by atoms with E-state index >= 15 is 0 Å². The maximum atomic E-state index is 9.73. The predicted octanol–water partition coefficient (Wildman–Crippen LogP) is 1.84. The van der Waals surface area contributed by atoms with Crippen molar-refractivity contribution in [1.29, 1.82) is 0 Å². The normalized spacial score (nSPS) is 8.25. The maximum Gasteiger partial charge on any atom is 0.225 e. The summed E-state index contributed by atoms with van der Waals surface area (Å²) in [4.78, 5) is 9.73. The molecule has 0 aromatic carbocycles. The zero-order chi connectivity index (χ0) is 6.41. The van der Waals surface area contributed by atoms with Gasteiger partial charge < -0.3 is 0 Å². The largest absolute Gasteiger partial charge is 0.286 e. The minimum atomic E-state index is 0.964. The Morgan fingerprint density at radius 3 is 2.12 bits per heavy atom. The summed E-state index contributed by atoms with van der Waals surface area (Å²) < 4.78 is 0. The Morgan fingerprint density at radius 1 is 1.50 bits per heavy atom. The first kappa shape index (κ1) is 7.41. The molecular formula is C7H11O. The van der Waals surface area contributed by atoms with Crippen LogP contribution in [0, 0.1) is 0 Å². The fourth-order valence-corrected chi connectivity index (χ4v) is 0.537. The molecule has 0 spiro atoms. The molecule has 0 aliphatic heterocycles. The summed E-state index contributed by atoms with van der Waals surface area (Å²) in [6.45, 7) is 4.07. The van der Waals surface area contributed by atoms with Crippen molar-refractivity contribution in [1.82, 2.24) is 0 Å². The van der Waals surface area contributed by atoms with E-state index in [0.717, 1.165) is 12.8 Å². The first-order valence-corrected chi connectivity index (χ1v) is 2.90. The van der Waals surface area contributed by atoms with Crippen molar-refractivity contribution in [2.45, 2.75) is 26.7 Å². The molecule has 0 N–H and O–H groups in total. The summed E-state index contributed by atoms with van der Waals surface area (Å²) in [6.07, 6.45) is 5.20. The van der Waals surface area contributed by atoms with Crippen LogP contribution in [0.4, 0.5) is 0 Å². The molecule has 0 fully saturated rings. The standard InChI is InChI=1S/C7H11O/c1-3-7(4-2)5-6-8/h5H,3-4H2,1-2H3. The first-order chi connectivity index (χ1) is 3.85. The molecule has 0 aromatic rings. The highest BCUT2D eigenvalue weighted by molar-refractivity contribution is 5.66. The van der Waals surface area contributed by atoms with Crippen LogP contribution in [0.25, 0.3) is 0 Å². The molecule has 1 nitrogen and oxygen atoms in total. The molecule has 0 aromatic heterocycles. The highest BCUT2D eigenvalue weighted by Crippen LogP contribution is 2.02. The van der Waals surface area contributed by atoms with Crippen molar-refractivity contribution in [3.63, 3.8) is 0 Å². The monoisotopic (exact) mass is 111 g/mol. The molecule has 0 amide bonds. The van der Waals surface area contributed by atoms with E-state index in [1.165, 1.54) is 11.6 Å². The molecule has 0 saturated heterocycles. The molecule has 0 aliphatic carbocycles. The molecule has 1 radical (unpaired) electrons. The van der Waals surface area contributed by atoms with E-state index in [1.54, 1.807) is 6.29 Å². The van der Waals surface area contributed by atoms with E-state index < -0.39 is 0 Å². The third-order valence-corrected chi connectivity index (χ3v) is 1.17. The molecule has 1 heteroatoms. The molecule has 0 saturated carbocycles. The summed E-state index contributed by atoms with van der Waals surface area (Å²) in [7, 11) is 0. The molecule has 0 aliphatic rings. The van der Waals surface area contributed by atoms with Crippen LogP contribution in [0.3, 0.4) is 0 Å². The van der Waals surface area contributed by atoms with Crippen LogP contribution in [-0.2, 0) is 4.79 Å².